The summed E-state index contributed by atoms with van der Waals surface area (Å²) in [7, 11) is 2.67. The summed E-state index contributed by atoms with van der Waals surface area (Å²) < 4.78 is 16.1. The lowest BCUT2D eigenvalue weighted by molar-refractivity contribution is 0.348. The Morgan fingerprint density at radius 1 is 1.00 bits per heavy atom. The molecule has 0 fully saturated rings. The van der Waals surface area contributed by atoms with Crippen LogP contribution in [0.15, 0.2) is 45.6 Å². The van der Waals surface area contributed by atoms with Crippen LogP contribution in [-0.4, -0.2) is 24.4 Å². The van der Waals surface area contributed by atoms with E-state index in [1.807, 2.05) is 6.07 Å². The summed E-state index contributed by atoms with van der Waals surface area (Å²) in [6.07, 6.45) is 0. The van der Waals surface area contributed by atoms with Gasteiger partial charge in [0.15, 0.2) is 17.1 Å². The smallest absolute Gasteiger partial charge is 0.235 e. The number of benzene rings is 2. The molecule has 3 aromatic rings. The average Bonchev–Trinajstić information content (AvgIpc) is 2.57. The van der Waals surface area contributed by atoms with Crippen LogP contribution in [0.25, 0.3) is 22.3 Å². The molecule has 6 heteroatoms. The third kappa shape index (κ3) is 2.24. The second kappa shape index (κ2) is 5.57. The van der Waals surface area contributed by atoms with Gasteiger partial charge in [0.2, 0.25) is 22.7 Å². The lowest BCUT2D eigenvalue weighted by Gasteiger charge is -2.12. The van der Waals surface area contributed by atoms with Gasteiger partial charge in [-0.25, -0.2) is 0 Å². The van der Waals surface area contributed by atoms with E-state index in [4.69, 9.17) is 13.9 Å². The molecule has 23 heavy (non-hydrogen) atoms. The van der Waals surface area contributed by atoms with Crippen molar-refractivity contribution in [1.29, 1.82) is 0 Å². The molecule has 118 valence electrons. The van der Waals surface area contributed by atoms with E-state index < -0.39 is 16.9 Å². The van der Waals surface area contributed by atoms with Gasteiger partial charge in [-0.2, -0.15) is 0 Å². The predicted octanol–water partition coefficient (Wildman–Crippen LogP) is 2.89. The zero-order valence-electron chi connectivity index (χ0n) is 12.5. The molecule has 6 nitrogen and oxygen atoms in total. The molecule has 0 amide bonds. The molecule has 0 aliphatic carbocycles. The highest BCUT2D eigenvalue weighted by atomic mass is 16.5. The fourth-order valence-electron chi connectivity index (χ4n) is 2.41. The van der Waals surface area contributed by atoms with Crippen molar-refractivity contribution in [2.45, 2.75) is 0 Å². The quantitative estimate of drug-likeness (QED) is 0.723. The third-order valence-corrected chi connectivity index (χ3v) is 3.50. The van der Waals surface area contributed by atoms with Crippen LogP contribution in [0.3, 0.4) is 0 Å². The number of ether oxygens (including phenoxy) is 2. The Morgan fingerprint density at radius 2 is 1.65 bits per heavy atom. The molecule has 0 aliphatic heterocycles. The zero-order chi connectivity index (χ0) is 16.6. The molecule has 0 saturated heterocycles. The molecular weight excluding hydrogens is 300 g/mol. The number of phenolic OH excluding ortho intramolecular Hbond substituents is 2. The van der Waals surface area contributed by atoms with Crippen LogP contribution in [0.4, 0.5) is 0 Å². The van der Waals surface area contributed by atoms with Crippen LogP contribution in [0.5, 0.6) is 23.0 Å². The predicted molar refractivity (Wildman–Crippen MR) is 84.4 cm³/mol. The summed E-state index contributed by atoms with van der Waals surface area (Å²) in [5.41, 5.74) is 0.201. The van der Waals surface area contributed by atoms with E-state index in [2.05, 4.69) is 0 Å². The van der Waals surface area contributed by atoms with E-state index in [1.165, 1.54) is 14.2 Å². The van der Waals surface area contributed by atoms with Crippen molar-refractivity contribution in [2.75, 3.05) is 14.2 Å². The summed E-state index contributed by atoms with van der Waals surface area (Å²) in [6.45, 7) is 0. The molecule has 2 aromatic carbocycles. The van der Waals surface area contributed by atoms with Crippen molar-refractivity contribution in [3.8, 4) is 34.3 Å². The molecule has 0 spiro atoms. The number of aromatic hydroxyl groups is 2. The normalized spacial score (nSPS) is 10.7. The third-order valence-electron chi connectivity index (χ3n) is 3.50. The molecular formula is C17H14O6. The van der Waals surface area contributed by atoms with Crippen LogP contribution in [0, 0.1) is 0 Å². The SMILES string of the molecule is COc1c(-c2ccccc2)oc2c(OC)c(O)c(O)cc2c1=O. The highest BCUT2D eigenvalue weighted by Crippen LogP contribution is 2.43. The van der Waals surface area contributed by atoms with E-state index in [0.717, 1.165) is 6.07 Å². The van der Waals surface area contributed by atoms with E-state index in [9.17, 15) is 15.0 Å². The number of fused-ring (bicyclic) bond motifs is 1. The average molecular weight is 314 g/mol. The van der Waals surface area contributed by atoms with E-state index in [-0.39, 0.29) is 28.2 Å². The molecule has 0 unspecified atom stereocenters. The maximum atomic E-state index is 12.7. The minimum atomic E-state index is -0.493. The first-order valence-corrected chi connectivity index (χ1v) is 6.77. The summed E-state index contributed by atoms with van der Waals surface area (Å²) in [6, 6.07) is 10.1. The van der Waals surface area contributed by atoms with Crippen molar-refractivity contribution >= 4 is 11.0 Å². The largest absolute Gasteiger partial charge is 0.504 e. The van der Waals surface area contributed by atoms with Crippen LogP contribution in [0.2, 0.25) is 0 Å². The number of phenols is 2. The van der Waals surface area contributed by atoms with Crippen LogP contribution in [-0.2, 0) is 0 Å². The lowest BCUT2D eigenvalue weighted by Crippen LogP contribution is -2.08. The minimum absolute atomic E-state index is 0.0100. The van der Waals surface area contributed by atoms with Crippen LogP contribution < -0.4 is 14.9 Å². The first-order chi connectivity index (χ1) is 11.1. The van der Waals surface area contributed by atoms with Crippen molar-refractivity contribution in [1.82, 2.24) is 0 Å². The Morgan fingerprint density at radius 3 is 2.26 bits per heavy atom. The van der Waals surface area contributed by atoms with E-state index in [0.29, 0.717) is 5.56 Å². The molecule has 1 aromatic heterocycles. The number of methoxy groups -OCH3 is 2. The summed E-state index contributed by atoms with van der Waals surface area (Å²) in [5.74, 6) is -0.856. The molecule has 0 aliphatic rings. The van der Waals surface area contributed by atoms with Crippen molar-refractivity contribution in [3.05, 3.63) is 46.6 Å². The molecule has 1 heterocycles. The summed E-state index contributed by atoms with van der Waals surface area (Å²) in [5, 5.41) is 19.7. The van der Waals surface area contributed by atoms with Crippen molar-refractivity contribution < 1.29 is 24.1 Å². The first kappa shape index (κ1) is 14.8. The summed E-state index contributed by atoms with van der Waals surface area (Å²) in [4.78, 5) is 12.7. The molecule has 0 radical (unpaired) electrons. The number of rotatable bonds is 3. The van der Waals surface area contributed by atoms with E-state index in [1.54, 1.807) is 24.3 Å². The Kier molecular flexibility index (Phi) is 3.57. The molecule has 0 atom stereocenters. The second-order valence-electron chi connectivity index (χ2n) is 4.81. The van der Waals surface area contributed by atoms with Gasteiger partial charge in [0, 0.05) is 5.56 Å². The topological polar surface area (TPSA) is 89.1 Å². The molecule has 3 rings (SSSR count). The molecule has 2 N–H and O–H groups in total. The van der Waals surface area contributed by atoms with Crippen LogP contribution in [0.1, 0.15) is 0 Å². The van der Waals surface area contributed by atoms with Gasteiger partial charge in [0.1, 0.15) is 0 Å². The molecule has 0 saturated carbocycles. The Bertz CT molecular complexity index is 927. The number of hydrogen-bond acceptors (Lipinski definition) is 6. The van der Waals surface area contributed by atoms with Gasteiger partial charge in [-0.15, -0.1) is 0 Å². The highest BCUT2D eigenvalue weighted by Gasteiger charge is 2.23. The van der Waals surface area contributed by atoms with Gasteiger partial charge < -0.3 is 24.1 Å². The van der Waals surface area contributed by atoms with Crippen LogP contribution >= 0.6 is 0 Å². The Hall–Kier alpha value is -3.15. The van der Waals surface area contributed by atoms with Gasteiger partial charge in [-0.3, -0.25) is 4.79 Å². The summed E-state index contributed by atoms with van der Waals surface area (Å²) >= 11 is 0. The maximum Gasteiger partial charge on any atom is 0.235 e. The Labute approximate surface area is 131 Å². The zero-order valence-corrected chi connectivity index (χ0v) is 12.5. The van der Waals surface area contributed by atoms with Gasteiger partial charge in [0.25, 0.3) is 0 Å². The minimum Gasteiger partial charge on any atom is -0.504 e. The molecule has 0 bridgehead atoms. The second-order valence-corrected chi connectivity index (χ2v) is 4.81. The van der Waals surface area contributed by atoms with Gasteiger partial charge in [-0.05, 0) is 6.07 Å². The monoisotopic (exact) mass is 314 g/mol. The standard InChI is InChI=1S/C17H14O6/c1-21-16-12(19)10-8-11(18)13(20)17(22-2)15(10)23-14(16)9-6-4-3-5-7-9/h3-8,18,20H,1-2H3. The van der Waals surface area contributed by atoms with Gasteiger partial charge in [0.05, 0.1) is 19.6 Å². The first-order valence-electron chi connectivity index (χ1n) is 6.77. The Balaban J connectivity index is 2.48. The lowest BCUT2D eigenvalue weighted by atomic mass is 10.1. The van der Waals surface area contributed by atoms with Gasteiger partial charge >= 0.3 is 0 Å². The van der Waals surface area contributed by atoms with Crippen molar-refractivity contribution in [2.24, 2.45) is 0 Å². The number of hydrogen-bond donors (Lipinski definition) is 2. The fourth-order valence-corrected chi connectivity index (χ4v) is 2.41. The maximum absolute atomic E-state index is 12.7. The van der Waals surface area contributed by atoms with Crippen molar-refractivity contribution in [3.63, 3.8) is 0 Å². The fraction of sp³-hybridized carbons (Fsp3) is 0.118. The van der Waals surface area contributed by atoms with Gasteiger partial charge in [-0.1, -0.05) is 30.3 Å². The van der Waals surface area contributed by atoms with E-state index >= 15 is 0 Å². The highest BCUT2D eigenvalue weighted by molar-refractivity contribution is 5.90.